The number of hydrogen-bond acceptors (Lipinski definition) is 4. The zero-order valence-electron chi connectivity index (χ0n) is 16.2. The van der Waals surface area contributed by atoms with Gasteiger partial charge in [-0.05, 0) is 23.8 Å². The minimum Gasteiger partial charge on any atom is -0.496 e. The molecule has 1 N–H and O–H groups in total. The molecule has 7 heteroatoms. The quantitative estimate of drug-likeness (QED) is 0.799. The molecule has 0 radical (unpaired) electrons. The Morgan fingerprint density at radius 3 is 2.68 bits per heavy atom. The Bertz CT molecular complexity index is 773. The highest BCUT2D eigenvalue weighted by Gasteiger charge is 2.28. The SMILES string of the molecule is COc1ccccc1C1CNCCN1CC(=O)N(C)Cc1ccc(F)cc1.Cl. The Labute approximate surface area is 171 Å². The maximum Gasteiger partial charge on any atom is 0.236 e. The number of carbonyl (C=O) groups excluding carboxylic acids is 1. The number of benzene rings is 2. The van der Waals surface area contributed by atoms with Gasteiger partial charge in [0.2, 0.25) is 5.91 Å². The van der Waals surface area contributed by atoms with Gasteiger partial charge >= 0.3 is 0 Å². The molecule has 1 atom stereocenters. The van der Waals surface area contributed by atoms with Crippen LogP contribution in [0.25, 0.3) is 0 Å². The second-order valence-corrected chi connectivity index (χ2v) is 6.81. The van der Waals surface area contributed by atoms with Crippen LogP contribution in [0, 0.1) is 5.82 Å². The van der Waals surface area contributed by atoms with Gasteiger partial charge in [-0.3, -0.25) is 9.69 Å². The summed E-state index contributed by atoms with van der Waals surface area (Å²) in [7, 11) is 3.45. The molecule has 0 bridgehead atoms. The summed E-state index contributed by atoms with van der Waals surface area (Å²) < 4.78 is 18.6. The van der Waals surface area contributed by atoms with E-state index in [1.807, 2.05) is 18.2 Å². The molecule has 0 aliphatic carbocycles. The van der Waals surface area contributed by atoms with E-state index in [2.05, 4.69) is 16.3 Å². The second kappa shape index (κ2) is 10.4. The van der Waals surface area contributed by atoms with Crippen molar-refractivity contribution in [2.24, 2.45) is 0 Å². The second-order valence-electron chi connectivity index (χ2n) is 6.81. The van der Waals surface area contributed by atoms with Gasteiger partial charge in [-0.2, -0.15) is 0 Å². The summed E-state index contributed by atoms with van der Waals surface area (Å²) in [4.78, 5) is 16.7. The maximum absolute atomic E-state index is 13.1. The molecule has 152 valence electrons. The summed E-state index contributed by atoms with van der Waals surface area (Å²) in [5.74, 6) is 0.609. The van der Waals surface area contributed by atoms with Crippen molar-refractivity contribution in [3.63, 3.8) is 0 Å². The van der Waals surface area contributed by atoms with Gasteiger partial charge in [0.25, 0.3) is 0 Å². The first-order valence-corrected chi connectivity index (χ1v) is 9.14. The number of likely N-dealkylation sites (N-methyl/N-ethyl adjacent to an activating group) is 1. The molecule has 1 fully saturated rings. The highest BCUT2D eigenvalue weighted by molar-refractivity contribution is 5.85. The standard InChI is InChI=1S/C21H26FN3O2.ClH/c1-24(14-16-7-9-17(22)10-8-16)21(26)15-25-12-11-23-13-19(25)18-5-3-4-6-20(18)27-2;/h3-10,19,23H,11-15H2,1-2H3;1H. The molecule has 0 spiro atoms. The molecule has 28 heavy (non-hydrogen) atoms. The Morgan fingerprint density at radius 2 is 1.96 bits per heavy atom. The fraction of sp³-hybridized carbons (Fsp3) is 0.381. The Hall–Kier alpha value is -2.15. The number of para-hydroxylation sites is 1. The molecule has 5 nitrogen and oxygen atoms in total. The minimum atomic E-state index is -0.270. The van der Waals surface area contributed by atoms with Crippen LogP contribution in [-0.4, -0.2) is 56.0 Å². The number of carbonyl (C=O) groups is 1. The van der Waals surface area contributed by atoms with Crippen LogP contribution < -0.4 is 10.1 Å². The summed E-state index contributed by atoms with van der Waals surface area (Å²) in [5.41, 5.74) is 2.00. The van der Waals surface area contributed by atoms with Crippen molar-refractivity contribution in [3.8, 4) is 5.75 Å². The van der Waals surface area contributed by atoms with E-state index in [1.54, 1.807) is 31.2 Å². The molecule has 1 heterocycles. The minimum absolute atomic E-state index is 0. The first kappa shape index (κ1) is 22.1. The average Bonchev–Trinajstić information content (AvgIpc) is 2.70. The van der Waals surface area contributed by atoms with E-state index in [-0.39, 0.29) is 30.2 Å². The topological polar surface area (TPSA) is 44.8 Å². The zero-order valence-corrected chi connectivity index (χ0v) is 17.0. The Morgan fingerprint density at radius 1 is 1.25 bits per heavy atom. The van der Waals surface area contributed by atoms with Crippen LogP contribution in [-0.2, 0) is 11.3 Å². The number of methoxy groups -OCH3 is 1. The molecule has 1 aliphatic heterocycles. The fourth-order valence-corrected chi connectivity index (χ4v) is 3.43. The number of amides is 1. The van der Waals surface area contributed by atoms with Gasteiger partial charge in [0.05, 0.1) is 19.7 Å². The van der Waals surface area contributed by atoms with Crippen molar-refractivity contribution in [3.05, 3.63) is 65.5 Å². The van der Waals surface area contributed by atoms with E-state index in [0.29, 0.717) is 13.1 Å². The highest BCUT2D eigenvalue weighted by Crippen LogP contribution is 2.30. The number of hydrogen-bond donors (Lipinski definition) is 1. The summed E-state index contributed by atoms with van der Waals surface area (Å²) in [6, 6.07) is 14.3. The fourth-order valence-electron chi connectivity index (χ4n) is 3.43. The lowest BCUT2D eigenvalue weighted by Crippen LogP contribution is -2.49. The van der Waals surface area contributed by atoms with Crippen LogP contribution in [0.3, 0.4) is 0 Å². The number of piperazine rings is 1. The predicted molar refractivity (Wildman–Crippen MR) is 110 cm³/mol. The number of ether oxygens (including phenoxy) is 1. The lowest BCUT2D eigenvalue weighted by atomic mass is 10.0. The van der Waals surface area contributed by atoms with E-state index in [0.717, 1.165) is 36.5 Å². The normalized spacial score (nSPS) is 16.9. The largest absolute Gasteiger partial charge is 0.496 e. The molecule has 3 rings (SSSR count). The van der Waals surface area contributed by atoms with Crippen LogP contribution in [0.1, 0.15) is 17.2 Å². The number of halogens is 2. The smallest absolute Gasteiger partial charge is 0.236 e. The summed E-state index contributed by atoms with van der Waals surface area (Å²) >= 11 is 0. The summed E-state index contributed by atoms with van der Waals surface area (Å²) in [6.07, 6.45) is 0. The van der Waals surface area contributed by atoms with Crippen molar-refractivity contribution >= 4 is 18.3 Å². The predicted octanol–water partition coefficient (Wildman–Crippen LogP) is 2.86. The Balaban J connectivity index is 0.00000280. The number of rotatable bonds is 6. The van der Waals surface area contributed by atoms with Crippen molar-refractivity contribution in [1.82, 2.24) is 15.1 Å². The summed E-state index contributed by atoms with van der Waals surface area (Å²) in [5, 5.41) is 3.40. The molecule has 1 aliphatic rings. The molecule has 2 aromatic rings. The third kappa shape index (κ3) is 5.44. The molecule has 1 saturated heterocycles. The molecular formula is C21H27ClFN3O2. The molecule has 1 unspecified atom stereocenters. The van der Waals surface area contributed by atoms with Crippen LogP contribution >= 0.6 is 12.4 Å². The summed E-state index contributed by atoms with van der Waals surface area (Å²) in [6.45, 7) is 3.21. The third-order valence-corrected chi connectivity index (χ3v) is 4.95. The van der Waals surface area contributed by atoms with Gasteiger partial charge in [-0.15, -0.1) is 12.4 Å². The van der Waals surface area contributed by atoms with Gasteiger partial charge in [0.1, 0.15) is 11.6 Å². The van der Waals surface area contributed by atoms with Crippen LogP contribution in [0.15, 0.2) is 48.5 Å². The highest BCUT2D eigenvalue weighted by atomic mass is 35.5. The van der Waals surface area contributed by atoms with Gasteiger partial charge < -0.3 is 15.0 Å². The lowest BCUT2D eigenvalue weighted by Gasteiger charge is -2.37. The van der Waals surface area contributed by atoms with Crippen molar-refractivity contribution in [1.29, 1.82) is 0 Å². The zero-order chi connectivity index (χ0) is 19.2. The van der Waals surface area contributed by atoms with E-state index in [1.165, 1.54) is 12.1 Å². The lowest BCUT2D eigenvalue weighted by molar-refractivity contribution is -0.132. The first-order valence-electron chi connectivity index (χ1n) is 9.14. The van der Waals surface area contributed by atoms with E-state index in [9.17, 15) is 9.18 Å². The monoisotopic (exact) mass is 407 g/mol. The van der Waals surface area contributed by atoms with Crippen LogP contribution in [0.2, 0.25) is 0 Å². The van der Waals surface area contributed by atoms with Gasteiger partial charge in [0, 0.05) is 38.8 Å². The van der Waals surface area contributed by atoms with E-state index >= 15 is 0 Å². The van der Waals surface area contributed by atoms with Gasteiger partial charge in [0.15, 0.2) is 0 Å². The molecule has 0 saturated carbocycles. The molecule has 1 amide bonds. The van der Waals surface area contributed by atoms with Gasteiger partial charge in [-0.1, -0.05) is 30.3 Å². The average molecular weight is 408 g/mol. The molecule has 2 aromatic carbocycles. The van der Waals surface area contributed by atoms with Gasteiger partial charge in [-0.25, -0.2) is 4.39 Å². The molecular weight excluding hydrogens is 381 g/mol. The number of nitrogens with one attached hydrogen (secondary N) is 1. The van der Waals surface area contributed by atoms with Crippen molar-refractivity contribution in [2.75, 3.05) is 40.3 Å². The third-order valence-electron chi connectivity index (χ3n) is 4.95. The van der Waals surface area contributed by atoms with E-state index in [4.69, 9.17) is 4.74 Å². The maximum atomic E-state index is 13.1. The van der Waals surface area contributed by atoms with Crippen LogP contribution in [0.4, 0.5) is 4.39 Å². The first-order chi connectivity index (χ1) is 13.1. The van der Waals surface area contributed by atoms with Crippen LogP contribution in [0.5, 0.6) is 5.75 Å². The van der Waals surface area contributed by atoms with Crippen molar-refractivity contribution in [2.45, 2.75) is 12.6 Å². The molecule has 0 aromatic heterocycles. The Kier molecular flexibility index (Phi) is 8.23. The van der Waals surface area contributed by atoms with Crippen molar-refractivity contribution < 1.29 is 13.9 Å². The number of nitrogens with zero attached hydrogens (tertiary/aromatic N) is 2. The van der Waals surface area contributed by atoms with E-state index < -0.39 is 0 Å².